The van der Waals surface area contributed by atoms with Crippen LogP contribution in [0.15, 0.2) is 23.3 Å². The smallest absolute Gasteiger partial charge is 0.191 e. The number of ether oxygens (including phenoxy) is 1. The minimum Gasteiger partial charge on any atom is -0.377 e. The van der Waals surface area contributed by atoms with E-state index >= 15 is 0 Å². The number of nitrogens with zero attached hydrogens (tertiary/aromatic N) is 3. The molecule has 0 fully saturated rings. The molecule has 0 amide bonds. The monoisotopic (exact) mass is 307 g/mol. The fourth-order valence-electron chi connectivity index (χ4n) is 1.83. The fraction of sp³-hybridized carbons (Fsp3) is 0.625. The van der Waals surface area contributed by atoms with Gasteiger partial charge in [-0.25, -0.2) is 9.98 Å². The van der Waals surface area contributed by atoms with Crippen LogP contribution >= 0.6 is 0 Å². The maximum atomic E-state index is 5.42. The third-order valence-corrected chi connectivity index (χ3v) is 3.28. The molecule has 0 unspecified atom stereocenters. The van der Waals surface area contributed by atoms with E-state index < -0.39 is 0 Å². The molecule has 1 aromatic heterocycles. The van der Waals surface area contributed by atoms with E-state index in [4.69, 9.17) is 4.74 Å². The highest BCUT2D eigenvalue weighted by atomic mass is 16.5. The first-order valence-electron chi connectivity index (χ1n) is 7.58. The van der Waals surface area contributed by atoms with Gasteiger partial charge in [0.15, 0.2) is 5.96 Å². The average Bonchev–Trinajstić information content (AvgIpc) is 2.50. The van der Waals surface area contributed by atoms with Crippen molar-refractivity contribution >= 4 is 11.8 Å². The second-order valence-electron chi connectivity index (χ2n) is 5.89. The second-order valence-corrected chi connectivity index (χ2v) is 5.89. The second kappa shape index (κ2) is 8.58. The summed E-state index contributed by atoms with van der Waals surface area (Å²) in [4.78, 5) is 11.0. The van der Waals surface area contributed by atoms with Gasteiger partial charge in [0.2, 0.25) is 0 Å². The number of rotatable bonds is 7. The van der Waals surface area contributed by atoms with Crippen molar-refractivity contribution in [2.75, 3.05) is 39.2 Å². The normalized spacial score (nSPS) is 12.2. The van der Waals surface area contributed by atoms with E-state index in [0.29, 0.717) is 13.1 Å². The number of guanidine groups is 1. The van der Waals surface area contributed by atoms with Gasteiger partial charge in [-0.1, -0.05) is 6.07 Å². The van der Waals surface area contributed by atoms with Crippen LogP contribution in [0.3, 0.4) is 0 Å². The highest BCUT2D eigenvalue weighted by molar-refractivity contribution is 5.79. The molecule has 22 heavy (non-hydrogen) atoms. The maximum Gasteiger partial charge on any atom is 0.191 e. The maximum absolute atomic E-state index is 5.42. The van der Waals surface area contributed by atoms with Crippen molar-refractivity contribution in [1.29, 1.82) is 0 Å². The van der Waals surface area contributed by atoms with Gasteiger partial charge in [0, 0.05) is 46.1 Å². The summed E-state index contributed by atoms with van der Waals surface area (Å²) in [7, 11) is 5.69. The van der Waals surface area contributed by atoms with Crippen molar-refractivity contribution in [1.82, 2.24) is 15.6 Å². The molecule has 0 bridgehead atoms. The largest absolute Gasteiger partial charge is 0.377 e. The van der Waals surface area contributed by atoms with E-state index in [0.717, 1.165) is 23.9 Å². The highest BCUT2D eigenvalue weighted by Crippen LogP contribution is 2.15. The third kappa shape index (κ3) is 5.89. The molecule has 6 heteroatoms. The molecular formula is C16H29N5O. The van der Waals surface area contributed by atoms with Crippen LogP contribution in [0, 0.1) is 0 Å². The average molecular weight is 307 g/mol. The van der Waals surface area contributed by atoms with Crippen molar-refractivity contribution in [3.8, 4) is 0 Å². The Balaban J connectivity index is 2.78. The van der Waals surface area contributed by atoms with Crippen LogP contribution in [0.5, 0.6) is 0 Å². The Bertz CT molecular complexity index is 485. The molecule has 0 aromatic carbocycles. The first-order valence-corrected chi connectivity index (χ1v) is 7.58. The van der Waals surface area contributed by atoms with Gasteiger partial charge >= 0.3 is 0 Å². The summed E-state index contributed by atoms with van der Waals surface area (Å²) in [5.41, 5.74) is 0.856. The third-order valence-electron chi connectivity index (χ3n) is 3.28. The van der Waals surface area contributed by atoms with Crippen molar-refractivity contribution in [2.24, 2.45) is 4.99 Å². The molecule has 0 aliphatic rings. The lowest BCUT2D eigenvalue weighted by atomic mass is 10.1. The lowest BCUT2D eigenvalue weighted by Gasteiger charge is -2.24. The van der Waals surface area contributed by atoms with Crippen molar-refractivity contribution in [3.63, 3.8) is 0 Å². The summed E-state index contributed by atoms with van der Waals surface area (Å²) >= 11 is 0. The van der Waals surface area contributed by atoms with Gasteiger partial charge in [-0.05, 0) is 26.8 Å². The van der Waals surface area contributed by atoms with Crippen molar-refractivity contribution < 1.29 is 4.74 Å². The summed E-state index contributed by atoms with van der Waals surface area (Å²) in [6.45, 7) is 8.19. The van der Waals surface area contributed by atoms with Gasteiger partial charge in [-0.15, -0.1) is 0 Å². The molecule has 0 spiro atoms. The molecular weight excluding hydrogens is 278 g/mol. The predicted molar refractivity (Wildman–Crippen MR) is 92.5 cm³/mol. The number of aromatic nitrogens is 1. The van der Waals surface area contributed by atoms with Crippen molar-refractivity contribution in [3.05, 3.63) is 23.9 Å². The minimum absolute atomic E-state index is 0.237. The molecule has 0 aliphatic heterocycles. The van der Waals surface area contributed by atoms with Gasteiger partial charge in [-0.3, -0.25) is 0 Å². The van der Waals surface area contributed by atoms with Crippen LogP contribution in [0.2, 0.25) is 0 Å². The summed E-state index contributed by atoms with van der Waals surface area (Å²) in [6.07, 6.45) is 1.80. The summed E-state index contributed by atoms with van der Waals surface area (Å²) in [6, 6.07) is 3.99. The van der Waals surface area contributed by atoms with Crippen LogP contribution in [0.4, 0.5) is 5.82 Å². The Morgan fingerprint density at radius 2 is 2.09 bits per heavy atom. The number of hydrogen-bond donors (Lipinski definition) is 2. The van der Waals surface area contributed by atoms with Crippen LogP contribution in [0.25, 0.3) is 0 Å². The van der Waals surface area contributed by atoms with E-state index in [1.807, 2.05) is 45.8 Å². The first-order chi connectivity index (χ1) is 10.4. The zero-order valence-corrected chi connectivity index (χ0v) is 14.6. The molecule has 2 N–H and O–H groups in total. The van der Waals surface area contributed by atoms with Crippen LogP contribution < -0.4 is 15.5 Å². The predicted octanol–water partition coefficient (Wildman–Crippen LogP) is 1.63. The Hall–Kier alpha value is -1.82. The Morgan fingerprint density at radius 3 is 2.68 bits per heavy atom. The Kier molecular flexibility index (Phi) is 7.11. The Labute approximate surface area is 134 Å². The molecule has 0 radical (unpaired) electrons. The molecule has 124 valence electrons. The SMILES string of the molecule is CCNC(=NCc1cccnc1N(C)C)NCC(C)(C)OC. The number of aliphatic imine (C=N–C) groups is 1. The molecule has 0 atom stereocenters. The highest BCUT2D eigenvalue weighted by Gasteiger charge is 2.16. The minimum atomic E-state index is -0.237. The number of methoxy groups -OCH3 is 1. The van der Waals surface area contributed by atoms with Gasteiger partial charge in [0.1, 0.15) is 5.82 Å². The number of hydrogen-bond acceptors (Lipinski definition) is 4. The van der Waals surface area contributed by atoms with E-state index in [9.17, 15) is 0 Å². The molecule has 0 saturated heterocycles. The lowest BCUT2D eigenvalue weighted by Crippen LogP contribution is -2.45. The molecule has 0 saturated carbocycles. The molecule has 1 rings (SSSR count). The van der Waals surface area contributed by atoms with Crippen LogP contribution in [-0.2, 0) is 11.3 Å². The van der Waals surface area contributed by atoms with E-state index in [-0.39, 0.29) is 5.60 Å². The van der Waals surface area contributed by atoms with Gasteiger partial charge < -0.3 is 20.3 Å². The van der Waals surface area contributed by atoms with E-state index in [1.165, 1.54) is 0 Å². The van der Waals surface area contributed by atoms with Crippen LogP contribution in [0.1, 0.15) is 26.3 Å². The standard InChI is InChI=1S/C16H29N5O/c1-7-17-15(20-12-16(2,3)22-6)19-11-13-9-8-10-18-14(13)21(4)5/h8-10H,7,11-12H2,1-6H3,(H2,17,19,20). The number of nitrogens with one attached hydrogen (secondary N) is 2. The van der Waals surface area contributed by atoms with Gasteiger partial charge in [-0.2, -0.15) is 0 Å². The van der Waals surface area contributed by atoms with Gasteiger partial charge in [0.05, 0.1) is 12.1 Å². The molecule has 0 aliphatic carbocycles. The van der Waals surface area contributed by atoms with E-state index in [1.54, 1.807) is 13.3 Å². The summed E-state index contributed by atoms with van der Waals surface area (Å²) in [5, 5.41) is 6.56. The molecule has 1 heterocycles. The summed E-state index contributed by atoms with van der Waals surface area (Å²) < 4.78 is 5.42. The number of pyridine rings is 1. The van der Waals surface area contributed by atoms with Gasteiger partial charge in [0.25, 0.3) is 0 Å². The molecule has 1 aromatic rings. The topological polar surface area (TPSA) is 61.8 Å². The fourth-order valence-corrected chi connectivity index (χ4v) is 1.83. The zero-order valence-electron chi connectivity index (χ0n) is 14.6. The summed E-state index contributed by atoms with van der Waals surface area (Å²) in [5.74, 6) is 1.72. The van der Waals surface area contributed by atoms with Crippen LogP contribution in [-0.4, -0.2) is 50.8 Å². The Morgan fingerprint density at radius 1 is 1.36 bits per heavy atom. The zero-order chi connectivity index (χ0) is 16.6. The van der Waals surface area contributed by atoms with E-state index in [2.05, 4.69) is 26.7 Å². The number of anilines is 1. The first kappa shape index (κ1) is 18.2. The lowest BCUT2D eigenvalue weighted by molar-refractivity contribution is 0.0268. The quantitative estimate of drug-likeness (QED) is 0.592. The van der Waals surface area contributed by atoms with Crippen molar-refractivity contribution in [2.45, 2.75) is 32.9 Å². The molecule has 6 nitrogen and oxygen atoms in total.